The van der Waals surface area contributed by atoms with E-state index in [2.05, 4.69) is 40.2 Å². The molecule has 104 valence electrons. The van der Waals surface area contributed by atoms with Gasteiger partial charge in [0.1, 0.15) is 5.82 Å². The van der Waals surface area contributed by atoms with Crippen LogP contribution in [0.3, 0.4) is 0 Å². The molecule has 4 nitrogen and oxygen atoms in total. The highest BCUT2D eigenvalue weighted by Crippen LogP contribution is 2.29. The molecule has 2 fully saturated rings. The fraction of sp³-hybridized carbons (Fsp3) is 0.667. The van der Waals surface area contributed by atoms with Gasteiger partial charge in [0.15, 0.2) is 0 Å². The lowest BCUT2D eigenvalue weighted by molar-refractivity contribution is 0.122. The Balaban J connectivity index is 1.70. The van der Waals surface area contributed by atoms with Gasteiger partial charge in [-0.1, -0.05) is 12.5 Å². The van der Waals surface area contributed by atoms with Gasteiger partial charge >= 0.3 is 0 Å². The third kappa shape index (κ3) is 2.90. The Morgan fingerprint density at radius 2 is 2.00 bits per heavy atom. The number of piperidine rings is 1. The molecule has 1 aromatic rings. The second kappa shape index (κ2) is 5.88. The summed E-state index contributed by atoms with van der Waals surface area (Å²) >= 11 is 0. The van der Waals surface area contributed by atoms with Crippen LogP contribution in [0.15, 0.2) is 18.3 Å². The molecule has 4 heteroatoms. The van der Waals surface area contributed by atoms with Crippen LogP contribution in [0.5, 0.6) is 0 Å². The summed E-state index contributed by atoms with van der Waals surface area (Å²) in [4.78, 5) is 9.41. The van der Waals surface area contributed by atoms with E-state index in [-0.39, 0.29) is 0 Å². The molecule has 1 aromatic heterocycles. The number of nitrogens with zero attached hydrogens (tertiary/aromatic N) is 3. The van der Waals surface area contributed by atoms with Gasteiger partial charge < -0.3 is 9.64 Å². The largest absolute Gasteiger partial charge is 0.378 e. The molecule has 0 unspecified atom stereocenters. The Kier molecular flexibility index (Phi) is 3.99. The van der Waals surface area contributed by atoms with E-state index in [9.17, 15) is 0 Å². The predicted molar refractivity (Wildman–Crippen MR) is 76.5 cm³/mol. The molecule has 19 heavy (non-hydrogen) atoms. The van der Waals surface area contributed by atoms with Gasteiger partial charge in [-0.05, 0) is 38.1 Å². The van der Waals surface area contributed by atoms with E-state index in [0.29, 0.717) is 6.04 Å². The van der Waals surface area contributed by atoms with E-state index >= 15 is 0 Å². The van der Waals surface area contributed by atoms with Crippen LogP contribution < -0.4 is 4.90 Å². The first-order chi connectivity index (χ1) is 9.34. The van der Waals surface area contributed by atoms with Gasteiger partial charge in [0, 0.05) is 25.3 Å². The van der Waals surface area contributed by atoms with Crippen molar-refractivity contribution >= 4 is 5.82 Å². The first kappa shape index (κ1) is 12.9. The highest BCUT2D eigenvalue weighted by molar-refractivity contribution is 5.40. The molecule has 0 N–H and O–H groups in total. The van der Waals surface area contributed by atoms with Crippen molar-refractivity contribution in [2.24, 2.45) is 0 Å². The first-order valence-electron chi connectivity index (χ1n) is 7.33. The summed E-state index contributed by atoms with van der Waals surface area (Å²) in [6.07, 6.45) is 5.98. The molecule has 0 aliphatic carbocycles. The molecule has 0 amide bonds. The molecule has 0 aromatic carbocycles. The van der Waals surface area contributed by atoms with Crippen molar-refractivity contribution < 1.29 is 4.74 Å². The molecule has 0 radical (unpaired) electrons. The number of likely N-dealkylation sites (tertiary alicyclic amines) is 1. The number of hydrogen-bond acceptors (Lipinski definition) is 4. The molecule has 3 heterocycles. The summed E-state index contributed by atoms with van der Waals surface area (Å²) in [6.45, 7) is 4.74. The molecule has 0 saturated carbocycles. The minimum atomic E-state index is 0.556. The van der Waals surface area contributed by atoms with Crippen LogP contribution in [-0.2, 0) is 4.74 Å². The van der Waals surface area contributed by atoms with Gasteiger partial charge in [0.2, 0.25) is 0 Å². The third-order valence-corrected chi connectivity index (χ3v) is 4.26. The van der Waals surface area contributed by atoms with Gasteiger partial charge in [-0.25, -0.2) is 4.98 Å². The zero-order chi connectivity index (χ0) is 13.1. The van der Waals surface area contributed by atoms with Crippen LogP contribution in [-0.4, -0.2) is 49.8 Å². The van der Waals surface area contributed by atoms with Crippen LogP contribution in [0.2, 0.25) is 0 Å². The highest BCUT2D eigenvalue weighted by atomic mass is 16.5. The lowest BCUT2D eigenvalue weighted by Crippen LogP contribution is -2.36. The van der Waals surface area contributed by atoms with Crippen molar-refractivity contribution in [2.45, 2.75) is 25.3 Å². The molecule has 0 bridgehead atoms. The number of ether oxygens (including phenoxy) is 1. The molecule has 1 atom stereocenters. The molecule has 2 saturated heterocycles. The van der Waals surface area contributed by atoms with Gasteiger partial charge in [0.05, 0.1) is 13.2 Å². The van der Waals surface area contributed by atoms with E-state index in [4.69, 9.17) is 4.74 Å². The number of hydrogen-bond donors (Lipinski definition) is 0. The van der Waals surface area contributed by atoms with E-state index in [0.717, 1.165) is 32.1 Å². The summed E-state index contributed by atoms with van der Waals surface area (Å²) in [7, 11) is 2.22. The van der Waals surface area contributed by atoms with E-state index in [1.807, 2.05) is 0 Å². The quantitative estimate of drug-likeness (QED) is 0.815. The normalized spacial score (nSPS) is 25.5. The maximum atomic E-state index is 5.38. The van der Waals surface area contributed by atoms with E-state index in [1.54, 1.807) is 0 Å². The Labute approximate surface area is 115 Å². The van der Waals surface area contributed by atoms with Gasteiger partial charge in [0.25, 0.3) is 0 Å². The van der Waals surface area contributed by atoms with Crippen molar-refractivity contribution in [3.05, 3.63) is 23.9 Å². The fourth-order valence-electron chi connectivity index (χ4n) is 3.07. The molecule has 2 aliphatic heterocycles. The highest BCUT2D eigenvalue weighted by Gasteiger charge is 2.21. The average molecular weight is 261 g/mol. The third-order valence-electron chi connectivity index (χ3n) is 4.26. The maximum Gasteiger partial charge on any atom is 0.128 e. The molecule has 0 spiro atoms. The smallest absolute Gasteiger partial charge is 0.128 e. The minimum absolute atomic E-state index is 0.556. The van der Waals surface area contributed by atoms with Crippen LogP contribution in [0, 0.1) is 0 Å². The van der Waals surface area contributed by atoms with E-state index in [1.165, 1.54) is 31.4 Å². The number of morpholine rings is 1. The Hall–Kier alpha value is -1.13. The summed E-state index contributed by atoms with van der Waals surface area (Å²) in [5.74, 6) is 1.09. The zero-order valence-corrected chi connectivity index (χ0v) is 11.7. The fourth-order valence-corrected chi connectivity index (χ4v) is 3.07. The maximum absolute atomic E-state index is 5.38. The van der Waals surface area contributed by atoms with Crippen LogP contribution in [0.25, 0.3) is 0 Å². The summed E-state index contributed by atoms with van der Waals surface area (Å²) in [6, 6.07) is 4.98. The lowest BCUT2D eigenvalue weighted by atomic mass is 9.97. The lowest BCUT2D eigenvalue weighted by Gasteiger charge is -2.33. The van der Waals surface area contributed by atoms with Gasteiger partial charge in [-0.3, -0.25) is 4.90 Å². The standard InChI is InChI=1S/C15H23N3O/c1-17-7-3-2-4-14(17)13-5-6-15(16-12-13)18-8-10-19-11-9-18/h5-6,12,14H,2-4,7-11H2,1H3/t14-/m1/s1. The van der Waals surface area contributed by atoms with Crippen molar-refractivity contribution in [2.75, 3.05) is 44.8 Å². The Bertz CT molecular complexity index is 400. The topological polar surface area (TPSA) is 28.6 Å². The Morgan fingerprint density at radius 1 is 1.16 bits per heavy atom. The number of rotatable bonds is 2. The van der Waals surface area contributed by atoms with Gasteiger partial charge in [-0.15, -0.1) is 0 Å². The van der Waals surface area contributed by atoms with Crippen molar-refractivity contribution in [1.29, 1.82) is 0 Å². The summed E-state index contributed by atoms with van der Waals surface area (Å²) in [5.41, 5.74) is 1.36. The second-order valence-electron chi connectivity index (χ2n) is 5.54. The zero-order valence-electron chi connectivity index (χ0n) is 11.7. The molecular formula is C15H23N3O. The van der Waals surface area contributed by atoms with Crippen molar-refractivity contribution in [3.8, 4) is 0 Å². The molecule has 2 aliphatic rings. The minimum Gasteiger partial charge on any atom is -0.378 e. The van der Waals surface area contributed by atoms with Gasteiger partial charge in [-0.2, -0.15) is 0 Å². The molecule has 3 rings (SSSR count). The second-order valence-corrected chi connectivity index (χ2v) is 5.54. The monoisotopic (exact) mass is 261 g/mol. The van der Waals surface area contributed by atoms with Crippen molar-refractivity contribution in [1.82, 2.24) is 9.88 Å². The summed E-state index contributed by atoms with van der Waals surface area (Å²) < 4.78 is 5.38. The average Bonchev–Trinajstić information content (AvgIpc) is 2.49. The predicted octanol–water partition coefficient (Wildman–Crippen LogP) is 2.08. The molecular weight excluding hydrogens is 238 g/mol. The van der Waals surface area contributed by atoms with E-state index < -0.39 is 0 Å². The van der Waals surface area contributed by atoms with Crippen LogP contribution in [0.1, 0.15) is 30.9 Å². The van der Waals surface area contributed by atoms with Crippen LogP contribution in [0.4, 0.5) is 5.82 Å². The first-order valence-corrected chi connectivity index (χ1v) is 7.33. The van der Waals surface area contributed by atoms with Crippen molar-refractivity contribution in [3.63, 3.8) is 0 Å². The number of anilines is 1. The summed E-state index contributed by atoms with van der Waals surface area (Å²) in [5, 5.41) is 0. The van der Waals surface area contributed by atoms with Crippen LogP contribution >= 0.6 is 0 Å². The SMILES string of the molecule is CN1CCCC[C@@H]1c1ccc(N2CCOCC2)nc1. The Morgan fingerprint density at radius 3 is 2.68 bits per heavy atom. The number of pyridine rings is 1. The number of aromatic nitrogens is 1.